The van der Waals surface area contributed by atoms with E-state index in [9.17, 15) is 0 Å². The third kappa shape index (κ3) is 2.90. The molecule has 0 bridgehead atoms. The fourth-order valence-electron chi connectivity index (χ4n) is 1.82. The molecule has 0 saturated carbocycles. The van der Waals surface area contributed by atoms with Gasteiger partial charge in [0.1, 0.15) is 18.1 Å². The normalized spacial score (nSPS) is 10.6. The maximum atomic E-state index is 5.76. The summed E-state index contributed by atoms with van der Waals surface area (Å²) in [6, 6.07) is 7.99. The summed E-state index contributed by atoms with van der Waals surface area (Å²) in [4.78, 5) is 0. The summed E-state index contributed by atoms with van der Waals surface area (Å²) >= 11 is 0. The lowest BCUT2D eigenvalue weighted by atomic mass is 10.1. The number of nitrogens with two attached hydrogens (primary N) is 1. The van der Waals surface area contributed by atoms with Crippen molar-refractivity contribution >= 4 is 0 Å². The second-order valence-corrected chi connectivity index (χ2v) is 4.28. The largest absolute Gasteiger partial charge is 0.489 e. The number of nitrogens with zero attached hydrogens (tertiary/aromatic N) is 1. The van der Waals surface area contributed by atoms with Crippen LogP contribution in [0.2, 0.25) is 0 Å². The van der Waals surface area contributed by atoms with E-state index in [2.05, 4.69) is 11.2 Å². The smallest absolute Gasteiger partial charge is 0.140 e. The Balaban J connectivity index is 2.04. The van der Waals surface area contributed by atoms with Gasteiger partial charge in [0, 0.05) is 0 Å². The van der Waals surface area contributed by atoms with E-state index < -0.39 is 0 Å². The van der Waals surface area contributed by atoms with E-state index in [4.69, 9.17) is 15.0 Å². The standard InChI is InChI=1S/C14H18N2O2/c1-10-14(11(2)18-16-10)9-17-13-5-3-4-12(8-13)6-7-15/h3-5,8H,6-7,9,15H2,1-2H3. The van der Waals surface area contributed by atoms with Crippen LogP contribution in [0.15, 0.2) is 28.8 Å². The Labute approximate surface area is 107 Å². The van der Waals surface area contributed by atoms with Gasteiger partial charge in [0.25, 0.3) is 0 Å². The van der Waals surface area contributed by atoms with Gasteiger partial charge in [0.2, 0.25) is 0 Å². The highest BCUT2D eigenvalue weighted by molar-refractivity contribution is 5.29. The molecule has 2 rings (SSSR count). The molecule has 0 atom stereocenters. The van der Waals surface area contributed by atoms with Gasteiger partial charge in [-0.3, -0.25) is 0 Å². The van der Waals surface area contributed by atoms with Crippen LogP contribution in [-0.4, -0.2) is 11.7 Å². The first-order valence-electron chi connectivity index (χ1n) is 6.04. The van der Waals surface area contributed by atoms with Crippen LogP contribution in [0.1, 0.15) is 22.6 Å². The van der Waals surface area contributed by atoms with Crippen LogP contribution in [0, 0.1) is 13.8 Å². The Bertz CT molecular complexity index is 501. The van der Waals surface area contributed by atoms with Gasteiger partial charge in [-0.2, -0.15) is 0 Å². The number of hydrogen-bond donors (Lipinski definition) is 1. The zero-order valence-corrected chi connectivity index (χ0v) is 10.8. The van der Waals surface area contributed by atoms with Gasteiger partial charge in [-0.1, -0.05) is 17.3 Å². The van der Waals surface area contributed by atoms with Crippen LogP contribution >= 0.6 is 0 Å². The maximum absolute atomic E-state index is 5.76. The molecular formula is C14H18N2O2. The topological polar surface area (TPSA) is 61.3 Å². The molecule has 1 aromatic heterocycles. The van der Waals surface area contributed by atoms with Crippen molar-refractivity contribution in [2.75, 3.05) is 6.54 Å². The van der Waals surface area contributed by atoms with Crippen molar-refractivity contribution in [3.05, 3.63) is 46.8 Å². The average Bonchev–Trinajstić information content (AvgIpc) is 2.68. The molecule has 2 aromatic rings. The Kier molecular flexibility index (Phi) is 3.99. The molecule has 1 aromatic carbocycles. The van der Waals surface area contributed by atoms with Crippen LogP contribution in [-0.2, 0) is 13.0 Å². The predicted octanol–water partition coefficient (Wildman–Crippen LogP) is 2.37. The lowest BCUT2D eigenvalue weighted by Gasteiger charge is -2.07. The van der Waals surface area contributed by atoms with Gasteiger partial charge in [-0.25, -0.2) is 0 Å². The highest BCUT2D eigenvalue weighted by Gasteiger charge is 2.09. The van der Waals surface area contributed by atoms with Crippen molar-refractivity contribution in [2.45, 2.75) is 26.9 Å². The first-order valence-corrected chi connectivity index (χ1v) is 6.04. The Hall–Kier alpha value is -1.81. The number of ether oxygens (including phenoxy) is 1. The van der Waals surface area contributed by atoms with Crippen molar-refractivity contribution in [3.63, 3.8) is 0 Å². The van der Waals surface area contributed by atoms with Gasteiger partial charge in [0.05, 0.1) is 11.3 Å². The molecule has 0 fully saturated rings. The second-order valence-electron chi connectivity index (χ2n) is 4.28. The molecule has 96 valence electrons. The van der Waals surface area contributed by atoms with Gasteiger partial charge in [0.15, 0.2) is 0 Å². The van der Waals surface area contributed by atoms with Crippen LogP contribution in [0.4, 0.5) is 0 Å². The fraction of sp³-hybridized carbons (Fsp3) is 0.357. The maximum Gasteiger partial charge on any atom is 0.140 e. The van der Waals surface area contributed by atoms with Gasteiger partial charge in [-0.15, -0.1) is 0 Å². The minimum atomic E-state index is 0.479. The van der Waals surface area contributed by atoms with Gasteiger partial charge >= 0.3 is 0 Å². The number of rotatable bonds is 5. The molecule has 0 radical (unpaired) electrons. The first-order chi connectivity index (χ1) is 8.70. The SMILES string of the molecule is Cc1noc(C)c1COc1cccc(CCN)c1. The summed E-state index contributed by atoms with van der Waals surface area (Å²) < 4.78 is 10.9. The predicted molar refractivity (Wildman–Crippen MR) is 69.5 cm³/mol. The highest BCUT2D eigenvalue weighted by atomic mass is 16.5. The zero-order chi connectivity index (χ0) is 13.0. The molecule has 0 amide bonds. The molecule has 0 aliphatic carbocycles. The third-order valence-corrected chi connectivity index (χ3v) is 2.90. The Morgan fingerprint density at radius 1 is 1.33 bits per heavy atom. The molecular weight excluding hydrogens is 228 g/mol. The van der Waals surface area contributed by atoms with Crippen LogP contribution in [0.5, 0.6) is 5.75 Å². The van der Waals surface area contributed by atoms with E-state index in [1.54, 1.807) is 0 Å². The van der Waals surface area contributed by atoms with Crippen molar-refractivity contribution < 1.29 is 9.26 Å². The molecule has 2 N–H and O–H groups in total. The van der Waals surface area contributed by atoms with Crippen LogP contribution < -0.4 is 10.5 Å². The minimum absolute atomic E-state index is 0.479. The number of benzene rings is 1. The summed E-state index contributed by atoms with van der Waals surface area (Å²) in [5.74, 6) is 1.66. The van der Waals surface area contributed by atoms with Crippen molar-refractivity contribution in [3.8, 4) is 5.75 Å². The zero-order valence-electron chi connectivity index (χ0n) is 10.8. The number of aryl methyl sites for hydroxylation is 2. The second kappa shape index (κ2) is 5.69. The van der Waals surface area contributed by atoms with Crippen LogP contribution in [0.25, 0.3) is 0 Å². The number of aromatic nitrogens is 1. The summed E-state index contributed by atoms with van der Waals surface area (Å²) in [5.41, 5.74) is 8.62. The summed E-state index contributed by atoms with van der Waals surface area (Å²) in [6.07, 6.45) is 0.864. The molecule has 0 aliphatic heterocycles. The molecule has 1 heterocycles. The molecule has 4 nitrogen and oxygen atoms in total. The molecule has 0 saturated heterocycles. The summed E-state index contributed by atoms with van der Waals surface area (Å²) in [6.45, 7) is 4.93. The Morgan fingerprint density at radius 2 is 2.17 bits per heavy atom. The van der Waals surface area contributed by atoms with E-state index >= 15 is 0 Å². The van der Waals surface area contributed by atoms with E-state index in [0.717, 1.165) is 29.2 Å². The molecule has 0 spiro atoms. The van der Waals surface area contributed by atoms with Gasteiger partial charge in [-0.05, 0) is 44.5 Å². The third-order valence-electron chi connectivity index (χ3n) is 2.90. The number of hydrogen-bond acceptors (Lipinski definition) is 4. The fourth-order valence-corrected chi connectivity index (χ4v) is 1.82. The van der Waals surface area contributed by atoms with E-state index in [0.29, 0.717) is 13.2 Å². The van der Waals surface area contributed by atoms with Crippen molar-refractivity contribution in [1.29, 1.82) is 0 Å². The van der Waals surface area contributed by atoms with E-state index in [1.165, 1.54) is 5.56 Å². The van der Waals surface area contributed by atoms with Crippen molar-refractivity contribution in [2.24, 2.45) is 5.73 Å². The molecule has 0 unspecified atom stereocenters. The van der Waals surface area contributed by atoms with E-state index in [1.807, 2.05) is 32.0 Å². The lowest BCUT2D eigenvalue weighted by molar-refractivity contribution is 0.301. The Morgan fingerprint density at radius 3 is 2.83 bits per heavy atom. The molecule has 0 aliphatic rings. The lowest BCUT2D eigenvalue weighted by Crippen LogP contribution is -2.03. The highest BCUT2D eigenvalue weighted by Crippen LogP contribution is 2.18. The quantitative estimate of drug-likeness (QED) is 0.879. The van der Waals surface area contributed by atoms with Crippen LogP contribution in [0.3, 0.4) is 0 Å². The van der Waals surface area contributed by atoms with E-state index in [-0.39, 0.29) is 0 Å². The first kappa shape index (κ1) is 12.6. The summed E-state index contributed by atoms with van der Waals surface area (Å²) in [7, 11) is 0. The molecule has 4 heteroatoms. The van der Waals surface area contributed by atoms with Gasteiger partial charge < -0.3 is 15.0 Å². The minimum Gasteiger partial charge on any atom is -0.489 e. The van der Waals surface area contributed by atoms with Crippen molar-refractivity contribution in [1.82, 2.24) is 5.16 Å². The summed E-state index contributed by atoms with van der Waals surface area (Å²) in [5, 5.41) is 3.90. The average molecular weight is 246 g/mol. The monoisotopic (exact) mass is 246 g/mol. The molecule has 18 heavy (non-hydrogen) atoms.